The van der Waals surface area contributed by atoms with Crippen LogP contribution in [0.4, 0.5) is 0 Å². The van der Waals surface area contributed by atoms with Crippen molar-refractivity contribution >= 4 is 11.7 Å². The predicted octanol–water partition coefficient (Wildman–Crippen LogP) is -1.01. The number of hydrogen-bond acceptors (Lipinski definition) is 4. The lowest BCUT2D eigenvalue weighted by atomic mass is 10.1. The highest BCUT2D eigenvalue weighted by Gasteiger charge is 2.46. The summed E-state index contributed by atoms with van der Waals surface area (Å²) in [6, 6.07) is -0.363. The van der Waals surface area contributed by atoms with Crippen molar-refractivity contribution in [2.45, 2.75) is 25.4 Å². The average Bonchev–Trinajstić information content (AvgIpc) is 2.66. The van der Waals surface area contributed by atoms with E-state index < -0.39 is 0 Å². The van der Waals surface area contributed by atoms with Crippen LogP contribution in [0.15, 0.2) is 0 Å². The zero-order valence-electron chi connectivity index (χ0n) is 8.49. The third-order valence-corrected chi connectivity index (χ3v) is 3.00. The molecule has 0 aliphatic carbocycles. The molecule has 0 saturated carbocycles. The number of Topliss-reactive ketones (excluding diaryl/α,β-unsaturated/α-hetero) is 1. The van der Waals surface area contributed by atoms with Crippen molar-refractivity contribution < 1.29 is 9.59 Å². The molecule has 0 spiro atoms. The van der Waals surface area contributed by atoms with Crippen LogP contribution in [-0.4, -0.2) is 53.9 Å². The molecule has 2 saturated heterocycles. The van der Waals surface area contributed by atoms with Gasteiger partial charge in [0.1, 0.15) is 12.1 Å². The Balaban J connectivity index is 2.17. The summed E-state index contributed by atoms with van der Waals surface area (Å²) >= 11 is 0. The van der Waals surface area contributed by atoms with Gasteiger partial charge in [0.25, 0.3) is 5.91 Å². The number of nitrogens with zero attached hydrogens (tertiary/aromatic N) is 2. The minimum atomic E-state index is -0.221. The standard InChI is InChI=1S/C9H15N3O2/c1-6(13)8-3-4-11-5-7(10-2)9(14)12(8)11/h7-8,10H,3-5H2,1-2H3. The van der Waals surface area contributed by atoms with E-state index in [2.05, 4.69) is 5.32 Å². The van der Waals surface area contributed by atoms with Gasteiger partial charge in [-0.05, 0) is 20.4 Å². The van der Waals surface area contributed by atoms with Gasteiger partial charge >= 0.3 is 0 Å². The van der Waals surface area contributed by atoms with E-state index in [1.807, 2.05) is 5.01 Å². The van der Waals surface area contributed by atoms with Gasteiger partial charge in [-0.3, -0.25) is 14.6 Å². The van der Waals surface area contributed by atoms with Crippen LogP contribution in [0.5, 0.6) is 0 Å². The van der Waals surface area contributed by atoms with Crippen LogP contribution in [-0.2, 0) is 9.59 Å². The molecule has 5 nitrogen and oxygen atoms in total. The molecular formula is C9H15N3O2. The Morgan fingerprint density at radius 2 is 2.29 bits per heavy atom. The van der Waals surface area contributed by atoms with Gasteiger partial charge in [-0.1, -0.05) is 0 Å². The molecule has 2 aliphatic rings. The minimum absolute atomic E-state index is 0.0326. The fourth-order valence-corrected chi connectivity index (χ4v) is 2.21. The number of nitrogens with one attached hydrogen (secondary N) is 1. The summed E-state index contributed by atoms with van der Waals surface area (Å²) in [5.41, 5.74) is 0. The molecule has 2 atom stereocenters. The molecule has 0 aromatic heterocycles. The zero-order chi connectivity index (χ0) is 10.3. The maximum atomic E-state index is 11.8. The molecule has 2 rings (SSSR count). The van der Waals surface area contributed by atoms with Crippen molar-refractivity contribution in [2.75, 3.05) is 20.1 Å². The second kappa shape index (κ2) is 3.33. The summed E-state index contributed by atoms with van der Waals surface area (Å²) in [4.78, 5) is 23.1. The van der Waals surface area contributed by atoms with E-state index in [4.69, 9.17) is 0 Å². The van der Waals surface area contributed by atoms with Crippen molar-refractivity contribution in [1.29, 1.82) is 0 Å². The van der Waals surface area contributed by atoms with Crippen LogP contribution in [0, 0.1) is 0 Å². The smallest absolute Gasteiger partial charge is 0.256 e. The van der Waals surface area contributed by atoms with Crippen molar-refractivity contribution in [1.82, 2.24) is 15.3 Å². The van der Waals surface area contributed by atoms with Gasteiger partial charge in [0, 0.05) is 13.1 Å². The van der Waals surface area contributed by atoms with Gasteiger partial charge in [-0.25, -0.2) is 5.01 Å². The maximum absolute atomic E-state index is 11.8. The Labute approximate surface area is 83.0 Å². The first-order valence-electron chi connectivity index (χ1n) is 4.91. The van der Waals surface area contributed by atoms with E-state index >= 15 is 0 Å². The molecule has 78 valence electrons. The van der Waals surface area contributed by atoms with Crippen molar-refractivity contribution in [3.8, 4) is 0 Å². The molecule has 2 heterocycles. The number of ketones is 1. The number of hydrogen-bond donors (Lipinski definition) is 1. The first-order chi connectivity index (χ1) is 6.65. The predicted molar refractivity (Wildman–Crippen MR) is 50.4 cm³/mol. The molecule has 1 N–H and O–H groups in total. The Bertz CT molecular complexity index is 279. The Morgan fingerprint density at radius 1 is 1.57 bits per heavy atom. The van der Waals surface area contributed by atoms with Crippen LogP contribution in [0.1, 0.15) is 13.3 Å². The molecular weight excluding hydrogens is 182 g/mol. The molecule has 2 aliphatic heterocycles. The number of likely N-dealkylation sites (N-methyl/N-ethyl adjacent to an activating group) is 1. The first-order valence-corrected chi connectivity index (χ1v) is 4.91. The number of rotatable bonds is 2. The summed E-state index contributed by atoms with van der Waals surface area (Å²) < 4.78 is 0. The zero-order valence-corrected chi connectivity index (χ0v) is 8.49. The Kier molecular flexibility index (Phi) is 2.28. The van der Waals surface area contributed by atoms with Gasteiger partial charge < -0.3 is 5.32 Å². The summed E-state index contributed by atoms with van der Waals surface area (Å²) in [6.45, 7) is 3.06. The number of carbonyl (C=O) groups is 2. The van der Waals surface area contributed by atoms with Crippen molar-refractivity contribution in [3.63, 3.8) is 0 Å². The van der Waals surface area contributed by atoms with Gasteiger partial charge in [0.15, 0.2) is 5.78 Å². The van der Waals surface area contributed by atoms with E-state index in [1.165, 1.54) is 0 Å². The normalized spacial score (nSPS) is 32.4. The molecule has 0 bridgehead atoms. The maximum Gasteiger partial charge on any atom is 0.256 e. The minimum Gasteiger partial charge on any atom is -0.308 e. The van der Waals surface area contributed by atoms with Crippen LogP contribution in [0.2, 0.25) is 0 Å². The largest absolute Gasteiger partial charge is 0.308 e. The highest BCUT2D eigenvalue weighted by atomic mass is 16.2. The lowest BCUT2D eigenvalue weighted by Crippen LogP contribution is -2.44. The summed E-state index contributed by atoms with van der Waals surface area (Å²) in [5.74, 6) is 0.114. The molecule has 2 unspecified atom stereocenters. The van der Waals surface area contributed by atoms with Gasteiger partial charge in [-0.2, -0.15) is 0 Å². The summed E-state index contributed by atoms with van der Waals surface area (Å²) in [6.07, 6.45) is 0.775. The lowest BCUT2D eigenvalue weighted by Gasteiger charge is -2.22. The highest BCUT2D eigenvalue weighted by Crippen LogP contribution is 2.25. The Morgan fingerprint density at radius 3 is 2.86 bits per heavy atom. The average molecular weight is 197 g/mol. The van der Waals surface area contributed by atoms with E-state index in [0.29, 0.717) is 6.54 Å². The molecule has 5 heteroatoms. The fourth-order valence-electron chi connectivity index (χ4n) is 2.21. The molecule has 2 fully saturated rings. The molecule has 1 amide bonds. The monoisotopic (exact) mass is 197 g/mol. The second-order valence-corrected chi connectivity index (χ2v) is 3.85. The topological polar surface area (TPSA) is 52.7 Å². The number of hydrazine groups is 1. The van der Waals surface area contributed by atoms with Crippen LogP contribution in [0.25, 0.3) is 0 Å². The van der Waals surface area contributed by atoms with E-state index in [-0.39, 0.29) is 23.8 Å². The van der Waals surface area contributed by atoms with E-state index in [9.17, 15) is 9.59 Å². The fraction of sp³-hybridized carbons (Fsp3) is 0.778. The highest BCUT2D eigenvalue weighted by molar-refractivity contribution is 5.91. The molecule has 0 aromatic carbocycles. The molecule has 14 heavy (non-hydrogen) atoms. The SMILES string of the molecule is CNC1CN2CCC(C(C)=O)N2C1=O. The van der Waals surface area contributed by atoms with Gasteiger partial charge in [0.05, 0.1) is 0 Å². The van der Waals surface area contributed by atoms with E-state index in [0.717, 1.165) is 13.0 Å². The third-order valence-electron chi connectivity index (χ3n) is 3.00. The lowest BCUT2D eigenvalue weighted by molar-refractivity contribution is -0.143. The van der Waals surface area contributed by atoms with Crippen molar-refractivity contribution in [3.05, 3.63) is 0 Å². The quantitative estimate of drug-likeness (QED) is 0.616. The number of fused-ring (bicyclic) bond motifs is 1. The van der Waals surface area contributed by atoms with Crippen LogP contribution < -0.4 is 5.32 Å². The van der Waals surface area contributed by atoms with Crippen LogP contribution >= 0.6 is 0 Å². The first kappa shape index (κ1) is 9.61. The third kappa shape index (κ3) is 1.24. The molecule has 0 aromatic rings. The molecule has 0 radical (unpaired) electrons. The number of amides is 1. The Hall–Kier alpha value is -0.940. The number of carbonyl (C=O) groups excluding carboxylic acids is 2. The van der Waals surface area contributed by atoms with E-state index in [1.54, 1.807) is 19.0 Å². The van der Waals surface area contributed by atoms with Crippen molar-refractivity contribution in [2.24, 2.45) is 0 Å². The van der Waals surface area contributed by atoms with Crippen LogP contribution in [0.3, 0.4) is 0 Å². The second-order valence-electron chi connectivity index (χ2n) is 3.85. The summed E-state index contributed by atoms with van der Waals surface area (Å²) in [5, 5.41) is 6.55. The van der Waals surface area contributed by atoms with Gasteiger partial charge in [0.2, 0.25) is 0 Å². The van der Waals surface area contributed by atoms with Gasteiger partial charge in [-0.15, -0.1) is 0 Å². The summed E-state index contributed by atoms with van der Waals surface area (Å²) in [7, 11) is 1.77.